The molecular formula is C2H12NO4PS. The van der Waals surface area contributed by atoms with Crippen molar-refractivity contribution in [1.29, 1.82) is 0 Å². The maximum atomic E-state index is 10.5. The molecule has 0 saturated heterocycles. The molecule has 0 amide bonds. The molecule has 9 heavy (non-hydrogen) atoms. The number of nitrogens with two attached hydrogens (primary N) is 1. The highest BCUT2D eigenvalue weighted by atomic mass is 32.7. The number of rotatable bonds is 2. The van der Waals surface area contributed by atoms with E-state index in [2.05, 4.69) is 4.52 Å². The van der Waals surface area contributed by atoms with E-state index >= 15 is 0 Å². The summed E-state index contributed by atoms with van der Waals surface area (Å²) < 4.78 is 14.9. The molecule has 0 fully saturated rings. The summed E-state index contributed by atoms with van der Waals surface area (Å²) in [6.07, 6.45) is 1.64. The van der Waals surface area contributed by atoms with Crippen LogP contribution in [0.15, 0.2) is 0 Å². The van der Waals surface area contributed by atoms with E-state index in [1.165, 1.54) is 7.11 Å². The van der Waals surface area contributed by atoms with Crippen LogP contribution in [-0.4, -0.2) is 24.3 Å². The Bertz CT molecular complexity index is 90.6. The summed E-state index contributed by atoms with van der Waals surface area (Å²) in [4.78, 5) is 0. The topological polar surface area (TPSA) is 115 Å². The maximum absolute atomic E-state index is 10.5. The van der Waals surface area contributed by atoms with Crippen LogP contribution in [0, 0.1) is 0 Å². The molecule has 0 aliphatic carbocycles. The minimum absolute atomic E-state index is 0. The van der Waals surface area contributed by atoms with Crippen molar-refractivity contribution in [1.82, 2.24) is 0 Å². The molecule has 0 aromatic carbocycles. The van der Waals surface area contributed by atoms with Crippen molar-refractivity contribution in [2.24, 2.45) is 5.50 Å². The van der Waals surface area contributed by atoms with Gasteiger partial charge in [0.25, 0.3) is 0 Å². The van der Waals surface area contributed by atoms with Crippen LogP contribution in [0.5, 0.6) is 0 Å². The third-order valence-electron chi connectivity index (χ3n) is 0.509. The lowest BCUT2D eigenvalue weighted by atomic mass is 11.8. The van der Waals surface area contributed by atoms with Gasteiger partial charge in [0.15, 0.2) is 0 Å². The highest BCUT2D eigenvalue weighted by molar-refractivity contribution is 8.55. The first-order valence-corrected chi connectivity index (χ1v) is 5.15. The van der Waals surface area contributed by atoms with Gasteiger partial charge in [-0.3, -0.25) is 10.1 Å². The van der Waals surface area contributed by atoms with Gasteiger partial charge >= 0.3 is 6.72 Å². The highest BCUT2D eigenvalue weighted by Crippen LogP contribution is 2.48. The second-order valence-electron chi connectivity index (χ2n) is 0.905. The molecule has 6 N–H and O–H groups in total. The molecule has 0 saturated carbocycles. The molecule has 1 unspecified atom stereocenters. The molecule has 0 aliphatic heterocycles. The molecule has 0 aromatic rings. The van der Waals surface area contributed by atoms with E-state index < -0.39 is 6.72 Å². The molecule has 0 heterocycles. The van der Waals surface area contributed by atoms with Crippen molar-refractivity contribution >= 4 is 18.1 Å². The zero-order chi connectivity index (χ0) is 5.91. The molecule has 60 valence electrons. The first-order valence-electron chi connectivity index (χ1n) is 1.62. The summed E-state index contributed by atoms with van der Waals surface area (Å²) in [5.74, 6) is 0. The summed E-state index contributed by atoms with van der Waals surface area (Å²) in [6, 6.07) is 0. The predicted molar refractivity (Wildman–Crippen MR) is 39.5 cm³/mol. The van der Waals surface area contributed by atoms with Gasteiger partial charge < -0.3 is 15.5 Å². The Morgan fingerprint density at radius 2 is 1.89 bits per heavy atom. The van der Waals surface area contributed by atoms with Crippen LogP contribution >= 0.6 is 18.1 Å². The van der Waals surface area contributed by atoms with Gasteiger partial charge in [-0.2, -0.15) is 0 Å². The van der Waals surface area contributed by atoms with E-state index in [9.17, 15) is 4.57 Å². The Labute approximate surface area is 57.8 Å². The van der Waals surface area contributed by atoms with Crippen molar-refractivity contribution in [2.75, 3.05) is 13.4 Å². The highest BCUT2D eigenvalue weighted by Gasteiger charge is 2.09. The lowest BCUT2D eigenvalue weighted by Gasteiger charge is -2.02. The molecule has 5 nitrogen and oxygen atoms in total. The quantitative estimate of drug-likeness (QED) is 0.567. The summed E-state index contributed by atoms with van der Waals surface area (Å²) in [6.45, 7) is -2.74. The van der Waals surface area contributed by atoms with Crippen LogP contribution < -0.4 is 5.50 Å². The zero-order valence-electron chi connectivity index (χ0n) is 5.25. The van der Waals surface area contributed by atoms with Crippen molar-refractivity contribution in [3.05, 3.63) is 0 Å². The van der Waals surface area contributed by atoms with Gasteiger partial charge in [-0.25, -0.2) is 0 Å². The van der Waals surface area contributed by atoms with Gasteiger partial charge in [0.05, 0.1) is 0 Å². The SMILES string of the molecule is COP(N)(=O)SC.O.O. The van der Waals surface area contributed by atoms with Crippen LogP contribution in [0.25, 0.3) is 0 Å². The third kappa shape index (κ3) is 8.42. The van der Waals surface area contributed by atoms with Gasteiger partial charge in [-0.05, 0) is 6.26 Å². The Kier molecular flexibility index (Phi) is 11.8. The summed E-state index contributed by atoms with van der Waals surface area (Å²) in [7, 11) is 1.33. The third-order valence-corrected chi connectivity index (χ3v) is 3.50. The fourth-order valence-electron chi connectivity index (χ4n) is 0.0745. The van der Waals surface area contributed by atoms with E-state index in [-0.39, 0.29) is 11.0 Å². The summed E-state index contributed by atoms with van der Waals surface area (Å²) >= 11 is 1.04. The first kappa shape index (κ1) is 16.2. The van der Waals surface area contributed by atoms with Gasteiger partial charge in [0.2, 0.25) is 0 Å². The lowest BCUT2D eigenvalue weighted by Crippen LogP contribution is -1.89. The van der Waals surface area contributed by atoms with E-state index in [0.29, 0.717) is 0 Å². The van der Waals surface area contributed by atoms with Crippen LogP contribution in [0.3, 0.4) is 0 Å². The summed E-state index contributed by atoms with van der Waals surface area (Å²) in [5.41, 5.74) is 5.01. The van der Waals surface area contributed by atoms with E-state index in [1.54, 1.807) is 6.26 Å². The Balaban J connectivity index is -0.000000180. The average Bonchev–Trinajstić information content (AvgIpc) is 1.68. The molecule has 0 bridgehead atoms. The van der Waals surface area contributed by atoms with Crippen molar-refractivity contribution < 1.29 is 20.0 Å². The van der Waals surface area contributed by atoms with Crippen LogP contribution in [0.1, 0.15) is 0 Å². The van der Waals surface area contributed by atoms with Gasteiger partial charge in [0, 0.05) is 7.11 Å². The smallest absolute Gasteiger partial charge is 0.323 e. The maximum Gasteiger partial charge on any atom is 0.323 e. The first-order chi connectivity index (χ1) is 3.12. The molecule has 1 atom stereocenters. The lowest BCUT2D eigenvalue weighted by molar-refractivity contribution is 0.410. The molecule has 7 heteroatoms. The van der Waals surface area contributed by atoms with Gasteiger partial charge in [-0.15, -0.1) is 0 Å². The molecule has 0 aliphatic rings. The molecular weight excluding hydrogens is 165 g/mol. The molecule has 0 rings (SSSR count). The Morgan fingerprint density at radius 3 is 1.89 bits per heavy atom. The monoisotopic (exact) mass is 177 g/mol. The number of hydrogen-bond donors (Lipinski definition) is 1. The fraction of sp³-hybridized carbons (Fsp3) is 1.00. The van der Waals surface area contributed by atoms with Crippen LogP contribution in [0.4, 0.5) is 0 Å². The van der Waals surface area contributed by atoms with Crippen LogP contribution in [-0.2, 0) is 9.09 Å². The minimum Gasteiger partial charge on any atom is -0.412 e. The summed E-state index contributed by atoms with van der Waals surface area (Å²) in [5, 5.41) is 0. The van der Waals surface area contributed by atoms with E-state index in [4.69, 9.17) is 5.50 Å². The predicted octanol–water partition coefficient (Wildman–Crippen LogP) is -0.587. The fourth-order valence-corrected chi connectivity index (χ4v) is 0.671. The second-order valence-corrected chi connectivity index (χ2v) is 5.34. The Morgan fingerprint density at radius 1 is 1.56 bits per heavy atom. The van der Waals surface area contributed by atoms with Gasteiger partial charge in [-0.1, -0.05) is 11.4 Å². The normalized spacial score (nSPS) is 14.6. The Hall–Kier alpha value is 0.420. The zero-order valence-corrected chi connectivity index (χ0v) is 6.96. The van der Waals surface area contributed by atoms with Crippen molar-refractivity contribution in [3.63, 3.8) is 0 Å². The second kappa shape index (κ2) is 6.54. The number of hydrogen-bond acceptors (Lipinski definition) is 3. The van der Waals surface area contributed by atoms with E-state index in [0.717, 1.165) is 11.4 Å². The van der Waals surface area contributed by atoms with Crippen molar-refractivity contribution in [3.8, 4) is 0 Å². The standard InChI is InChI=1S/C2H8NO2PS.2H2O/c1-5-6(3,4)7-2;;/h1-2H3,(H2,3,4);2*1H2. The average molecular weight is 177 g/mol. The molecule has 0 spiro atoms. The molecule has 0 aromatic heterocycles. The van der Waals surface area contributed by atoms with Crippen molar-refractivity contribution in [2.45, 2.75) is 0 Å². The minimum atomic E-state index is -2.74. The van der Waals surface area contributed by atoms with Gasteiger partial charge in [0.1, 0.15) is 0 Å². The molecule has 0 radical (unpaired) electrons. The van der Waals surface area contributed by atoms with Crippen LogP contribution in [0.2, 0.25) is 0 Å². The largest absolute Gasteiger partial charge is 0.412 e. The van der Waals surface area contributed by atoms with E-state index in [1.807, 2.05) is 0 Å².